The molecule has 0 aromatic heterocycles. The Hall–Kier alpha value is -2.68. The van der Waals surface area contributed by atoms with Gasteiger partial charge in [-0.15, -0.1) is 12.3 Å². The Kier molecular flexibility index (Phi) is 6.61. The Morgan fingerprint density at radius 2 is 2.05 bits per heavy atom. The molecule has 0 aliphatic carbocycles. The second-order valence-corrected chi connectivity index (χ2v) is 4.27. The number of anilines is 1. The van der Waals surface area contributed by atoms with E-state index in [4.69, 9.17) is 16.3 Å². The van der Waals surface area contributed by atoms with Gasteiger partial charge in [-0.05, 0) is 30.7 Å². The van der Waals surface area contributed by atoms with Gasteiger partial charge in [0.05, 0.1) is 6.61 Å². The number of rotatable bonds is 7. The molecular weight excluding hydrogens is 272 g/mol. The highest BCUT2D eigenvalue weighted by Crippen LogP contribution is 2.15. The summed E-state index contributed by atoms with van der Waals surface area (Å²) in [5.74, 6) is 1.74. The number of carboxylic acids is 1. The fraction of sp³-hybridized carbons (Fsp3) is 0.333. The van der Waals surface area contributed by atoms with Gasteiger partial charge in [0.25, 0.3) is 0 Å². The maximum absolute atomic E-state index is 11.7. The number of aliphatic carboxylic acids is 1. The van der Waals surface area contributed by atoms with Gasteiger partial charge in [-0.2, -0.15) is 0 Å². The van der Waals surface area contributed by atoms with Crippen LogP contribution in [0.1, 0.15) is 19.8 Å². The summed E-state index contributed by atoms with van der Waals surface area (Å²) in [6, 6.07) is 5.05. The molecule has 1 aromatic carbocycles. The maximum Gasteiger partial charge on any atom is 0.327 e. The van der Waals surface area contributed by atoms with E-state index in [-0.39, 0.29) is 6.42 Å². The van der Waals surface area contributed by atoms with Crippen LogP contribution in [-0.2, 0) is 4.79 Å². The van der Waals surface area contributed by atoms with Crippen molar-refractivity contribution in [3.05, 3.63) is 24.3 Å². The number of amides is 2. The Balaban J connectivity index is 2.54. The van der Waals surface area contributed by atoms with E-state index in [2.05, 4.69) is 16.6 Å². The third-order valence-electron chi connectivity index (χ3n) is 2.51. The molecule has 0 fully saturated rings. The topological polar surface area (TPSA) is 87.7 Å². The van der Waals surface area contributed by atoms with Gasteiger partial charge in [0.15, 0.2) is 0 Å². The molecule has 0 saturated carbocycles. The zero-order chi connectivity index (χ0) is 15.7. The number of nitrogens with one attached hydrogen (secondary N) is 2. The van der Waals surface area contributed by atoms with Gasteiger partial charge in [0, 0.05) is 12.1 Å². The van der Waals surface area contributed by atoms with Crippen molar-refractivity contribution in [2.75, 3.05) is 11.9 Å². The monoisotopic (exact) mass is 290 g/mol. The van der Waals surface area contributed by atoms with Gasteiger partial charge in [-0.3, -0.25) is 0 Å². The number of carbonyl (C=O) groups is 2. The minimum atomic E-state index is -1.17. The van der Waals surface area contributed by atoms with Gasteiger partial charge < -0.3 is 20.5 Å². The molecule has 1 unspecified atom stereocenters. The Bertz CT molecular complexity index is 519. The van der Waals surface area contributed by atoms with Crippen LogP contribution in [0, 0.1) is 12.3 Å². The molecule has 0 spiro atoms. The lowest BCUT2D eigenvalue weighted by Crippen LogP contribution is -2.42. The van der Waals surface area contributed by atoms with Crippen molar-refractivity contribution in [1.29, 1.82) is 0 Å². The molecule has 1 aromatic rings. The first kappa shape index (κ1) is 16.4. The van der Waals surface area contributed by atoms with Crippen molar-refractivity contribution >= 4 is 17.7 Å². The number of urea groups is 1. The van der Waals surface area contributed by atoms with Crippen molar-refractivity contribution in [2.45, 2.75) is 25.8 Å². The van der Waals surface area contributed by atoms with E-state index >= 15 is 0 Å². The van der Waals surface area contributed by atoms with E-state index in [1.807, 2.05) is 6.92 Å². The zero-order valence-electron chi connectivity index (χ0n) is 11.8. The van der Waals surface area contributed by atoms with E-state index in [1.54, 1.807) is 24.3 Å². The van der Waals surface area contributed by atoms with Gasteiger partial charge >= 0.3 is 12.0 Å². The van der Waals surface area contributed by atoms with Gasteiger partial charge in [-0.25, -0.2) is 9.59 Å². The SMILES string of the molecule is C#CCC(NC(=O)Nc1ccc(OCCC)cc1)C(=O)O. The second-order valence-electron chi connectivity index (χ2n) is 4.27. The molecule has 0 heterocycles. The van der Waals surface area contributed by atoms with Crippen LogP contribution in [0.15, 0.2) is 24.3 Å². The van der Waals surface area contributed by atoms with Crippen LogP contribution in [0.4, 0.5) is 10.5 Å². The molecule has 112 valence electrons. The van der Waals surface area contributed by atoms with Crippen molar-refractivity contribution in [3.8, 4) is 18.1 Å². The molecular formula is C15H18N2O4. The Labute approximate surface area is 123 Å². The van der Waals surface area contributed by atoms with Crippen molar-refractivity contribution in [1.82, 2.24) is 5.32 Å². The molecule has 2 amide bonds. The van der Waals surface area contributed by atoms with Gasteiger partial charge in [0.2, 0.25) is 0 Å². The minimum Gasteiger partial charge on any atom is -0.494 e. The summed E-state index contributed by atoms with van der Waals surface area (Å²) in [5, 5.41) is 13.7. The fourth-order valence-corrected chi connectivity index (χ4v) is 1.50. The molecule has 0 saturated heterocycles. The van der Waals surface area contributed by atoms with E-state index in [9.17, 15) is 9.59 Å². The summed E-state index contributed by atoms with van der Waals surface area (Å²) in [4.78, 5) is 22.5. The molecule has 0 aliphatic rings. The number of carbonyl (C=O) groups excluding carboxylic acids is 1. The highest BCUT2D eigenvalue weighted by molar-refractivity contribution is 5.92. The second kappa shape index (κ2) is 8.48. The number of hydrogen-bond donors (Lipinski definition) is 3. The average molecular weight is 290 g/mol. The standard InChI is InChI=1S/C15H18N2O4/c1-3-5-13(14(18)19)17-15(20)16-11-6-8-12(9-7-11)21-10-4-2/h1,6-9,13H,4-5,10H2,2H3,(H,18,19)(H2,16,17,20). The summed E-state index contributed by atoms with van der Waals surface area (Å²) in [7, 11) is 0. The normalized spacial score (nSPS) is 11.0. The zero-order valence-corrected chi connectivity index (χ0v) is 11.8. The largest absolute Gasteiger partial charge is 0.494 e. The molecule has 6 nitrogen and oxygen atoms in total. The van der Waals surface area contributed by atoms with Crippen LogP contribution in [0.2, 0.25) is 0 Å². The number of ether oxygens (including phenoxy) is 1. The van der Waals surface area contributed by atoms with E-state index in [0.29, 0.717) is 18.0 Å². The van der Waals surface area contributed by atoms with Crippen molar-refractivity contribution in [2.24, 2.45) is 0 Å². The molecule has 0 aliphatic heterocycles. The molecule has 1 atom stereocenters. The third-order valence-corrected chi connectivity index (χ3v) is 2.51. The Morgan fingerprint density at radius 1 is 1.38 bits per heavy atom. The first-order valence-corrected chi connectivity index (χ1v) is 6.53. The number of carboxylic acid groups (broad SMARTS) is 1. The quantitative estimate of drug-likeness (QED) is 0.671. The van der Waals surface area contributed by atoms with Gasteiger partial charge in [0.1, 0.15) is 11.8 Å². The first-order valence-electron chi connectivity index (χ1n) is 6.53. The van der Waals surface area contributed by atoms with E-state index in [1.165, 1.54) is 0 Å². The summed E-state index contributed by atoms with van der Waals surface area (Å²) in [6.45, 7) is 2.63. The van der Waals surface area contributed by atoms with Crippen LogP contribution in [-0.4, -0.2) is 29.8 Å². The van der Waals surface area contributed by atoms with E-state index in [0.717, 1.165) is 6.42 Å². The van der Waals surface area contributed by atoms with E-state index < -0.39 is 18.0 Å². The van der Waals surface area contributed by atoms with Crippen LogP contribution in [0.3, 0.4) is 0 Å². The number of terminal acetylenes is 1. The summed E-state index contributed by atoms with van der Waals surface area (Å²) >= 11 is 0. The lowest BCUT2D eigenvalue weighted by atomic mass is 10.2. The number of hydrogen-bond acceptors (Lipinski definition) is 3. The first-order chi connectivity index (χ1) is 10.1. The van der Waals surface area contributed by atoms with Crippen LogP contribution in [0.25, 0.3) is 0 Å². The number of benzene rings is 1. The summed E-state index contributed by atoms with van der Waals surface area (Å²) in [5.41, 5.74) is 0.529. The maximum atomic E-state index is 11.7. The molecule has 6 heteroatoms. The highest BCUT2D eigenvalue weighted by Gasteiger charge is 2.18. The van der Waals surface area contributed by atoms with Crippen LogP contribution in [0.5, 0.6) is 5.75 Å². The van der Waals surface area contributed by atoms with Crippen LogP contribution >= 0.6 is 0 Å². The Morgan fingerprint density at radius 3 is 2.57 bits per heavy atom. The molecule has 0 bridgehead atoms. The van der Waals surface area contributed by atoms with Gasteiger partial charge in [-0.1, -0.05) is 6.92 Å². The lowest BCUT2D eigenvalue weighted by molar-refractivity contribution is -0.139. The highest BCUT2D eigenvalue weighted by atomic mass is 16.5. The molecule has 3 N–H and O–H groups in total. The smallest absolute Gasteiger partial charge is 0.327 e. The summed E-state index contributed by atoms with van der Waals surface area (Å²) in [6.07, 6.45) is 5.89. The predicted octanol–water partition coefficient (Wildman–Crippen LogP) is 2.07. The average Bonchev–Trinajstić information content (AvgIpc) is 2.46. The third kappa shape index (κ3) is 5.87. The molecule has 0 radical (unpaired) electrons. The fourth-order valence-electron chi connectivity index (χ4n) is 1.50. The van der Waals surface area contributed by atoms with Crippen LogP contribution < -0.4 is 15.4 Å². The lowest BCUT2D eigenvalue weighted by Gasteiger charge is -2.13. The summed E-state index contributed by atoms with van der Waals surface area (Å²) < 4.78 is 5.41. The minimum absolute atomic E-state index is 0.0768. The van der Waals surface area contributed by atoms with Crippen molar-refractivity contribution in [3.63, 3.8) is 0 Å². The molecule has 21 heavy (non-hydrogen) atoms. The van der Waals surface area contributed by atoms with Crippen molar-refractivity contribution < 1.29 is 19.4 Å². The molecule has 1 rings (SSSR count). The predicted molar refractivity (Wildman–Crippen MR) is 79.3 cm³/mol.